The molecule has 1 heterocycles. The minimum atomic E-state index is -0.438. The highest BCUT2D eigenvalue weighted by Gasteiger charge is 2.28. The molecule has 0 aromatic heterocycles. The Hall–Kier alpha value is -4.74. The van der Waals surface area contributed by atoms with Crippen LogP contribution in [0.1, 0.15) is 16.7 Å². The maximum Gasteiger partial charge on any atom is 0.269 e. The van der Waals surface area contributed by atoms with E-state index in [0.717, 1.165) is 33.8 Å². The van der Waals surface area contributed by atoms with Gasteiger partial charge in [-0.2, -0.15) is 0 Å². The van der Waals surface area contributed by atoms with Crippen molar-refractivity contribution >= 4 is 34.1 Å². The normalized spacial score (nSPS) is 13.6. The van der Waals surface area contributed by atoms with Crippen molar-refractivity contribution in [2.45, 2.75) is 20.8 Å². The third-order valence-electron chi connectivity index (χ3n) is 6.22. The van der Waals surface area contributed by atoms with Crippen LogP contribution in [0.3, 0.4) is 0 Å². The molecule has 0 atom stereocenters. The number of rotatable bonds is 6. The van der Waals surface area contributed by atoms with Gasteiger partial charge in [-0.05, 0) is 55.7 Å². The summed E-state index contributed by atoms with van der Waals surface area (Å²) in [6.07, 6.45) is 0. The highest BCUT2D eigenvalue weighted by atomic mass is 16.6. The van der Waals surface area contributed by atoms with E-state index in [1.54, 1.807) is 39.0 Å². The number of nitrogens with zero attached hydrogens (tertiary/aromatic N) is 6. The summed E-state index contributed by atoms with van der Waals surface area (Å²) in [4.78, 5) is 38.5. The molecule has 0 bridgehead atoms. The predicted octanol–water partition coefficient (Wildman–Crippen LogP) is 5.04. The highest BCUT2D eigenvalue weighted by molar-refractivity contribution is 5.66. The summed E-state index contributed by atoms with van der Waals surface area (Å²) in [5.74, 6) is 0. The molecule has 36 heavy (non-hydrogen) atoms. The van der Waals surface area contributed by atoms with E-state index in [1.807, 2.05) is 14.7 Å². The van der Waals surface area contributed by atoms with Gasteiger partial charge in [0, 0.05) is 53.5 Å². The molecule has 0 aliphatic carbocycles. The van der Waals surface area contributed by atoms with Gasteiger partial charge in [-0.3, -0.25) is 30.3 Å². The van der Waals surface area contributed by atoms with Crippen LogP contribution in [-0.2, 0) is 0 Å². The lowest BCUT2D eigenvalue weighted by molar-refractivity contribution is -0.385. The van der Waals surface area contributed by atoms with Crippen LogP contribution in [0.15, 0.2) is 54.6 Å². The lowest BCUT2D eigenvalue weighted by atomic mass is 10.1. The molecule has 3 aromatic carbocycles. The summed E-state index contributed by atoms with van der Waals surface area (Å²) in [7, 11) is 0. The molecule has 0 spiro atoms. The first kappa shape index (κ1) is 24.4. The van der Waals surface area contributed by atoms with Gasteiger partial charge in [-0.25, -0.2) is 0 Å². The molecular formula is C24H24N6O6. The Morgan fingerprint density at radius 3 is 0.972 bits per heavy atom. The summed E-state index contributed by atoms with van der Waals surface area (Å²) in [6, 6.07) is 14.1. The maximum absolute atomic E-state index is 11.2. The number of hydrogen-bond acceptors (Lipinski definition) is 9. The number of aryl methyl sites for hydroxylation is 3. The van der Waals surface area contributed by atoms with Gasteiger partial charge < -0.3 is 14.7 Å². The predicted molar refractivity (Wildman–Crippen MR) is 136 cm³/mol. The molecule has 0 unspecified atom stereocenters. The monoisotopic (exact) mass is 492 g/mol. The average molecular weight is 492 g/mol. The van der Waals surface area contributed by atoms with E-state index in [1.165, 1.54) is 36.4 Å². The van der Waals surface area contributed by atoms with Crippen molar-refractivity contribution in [1.29, 1.82) is 0 Å². The van der Waals surface area contributed by atoms with Gasteiger partial charge in [0.2, 0.25) is 0 Å². The Balaban J connectivity index is 1.76. The topological polar surface area (TPSA) is 139 Å². The van der Waals surface area contributed by atoms with Crippen molar-refractivity contribution in [1.82, 2.24) is 0 Å². The number of non-ortho nitro benzene ring substituents is 3. The largest absolute Gasteiger partial charge is 0.336 e. The van der Waals surface area contributed by atoms with E-state index < -0.39 is 14.8 Å². The standard InChI is InChI=1S/C24H24N6O6/c1-16-10-19(28(31)32)4-7-22(16)25-13-26(23-8-5-20(29(33)34)11-17(23)2)15-27(14-25)24-9-6-21(30(35)36)12-18(24)3/h4-12H,13-15H2,1-3H3. The zero-order valence-electron chi connectivity index (χ0n) is 20.0. The summed E-state index contributed by atoms with van der Waals surface area (Å²) in [5.41, 5.74) is 4.59. The van der Waals surface area contributed by atoms with Crippen molar-refractivity contribution in [2.24, 2.45) is 0 Å². The van der Waals surface area contributed by atoms with E-state index in [0.29, 0.717) is 20.0 Å². The Bertz CT molecular complexity index is 1210. The molecule has 1 aliphatic rings. The first-order valence-corrected chi connectivity index (χ1v) is 11.0. The molecule has 12 heteroatoms. The van der Waals surface area contributed by atoms with E-state index in [9.17, 15) is 30.3 Å². The Labute approximate surface area is 206 Å². The van der Waals surface area contributed by atoms with Crippen molar-refractivity contribution in [3.8, 4) is 0 Å². The van der Waals surface area contributed by atoms with E-state index >= 15 is 0 Å². The minimum Gasteiger partial charge on any atom is -0.336 e. The van der Waals surface area contributed by atoms with Crippen molar-refractivity contribution < 1.29 is 14.8 Å². The van der Waals surface area contributed by atoms with Gasteiger partial charge in [0.15, 0.2) is 0 Å². The average Bonchev–Trinajstić information content (AvgIpc) is 2.83. The second-order valence-electron chi connectivity index (χ2n) is 8.73. The number of anilines is 3. The first-order chi connectivity index (χ1) is 17.0. The second-order valence-corrected chi connectivity index (χ2v) is 8.73. The van der Waals surface area contributed by atoms with E-state index in [2.05, 4.69) is 0 Å². The number of nitro benzene ring substituents is 3. The molecule has 1 fully saturated rings. The minimum absolute atomic E-state index is 0.000557. The zero-order valence-corrected chi connectivity index (χ0v) is 20.0. The van der Waals surface area contributed by atoms with Crippen LogP contribution in [0.4, 0.5) is 34.1 Å². The van der Waals surface area contributed by atoms with Crippen molar-refractivity contribution in [2.75, 3.05) is 34.7 Å². The van der Waals surface area contributed by atoms with Crippen LogP contribution in [0.25, 0.3) is 0 Å². The number of hydrogen-bond donors (Lipinski definition) is 0. The molecule has 1 aliphatic heterocycles. The van der Waals surface area contributed by atoms with Gasteiger partial charge in [0.05, 0.1) is 34.8 Å². The second kappa shape index (κ2) is 9.49. The van der Waals surface area contributed by atoms with Gasteiger partial charge in [0.1, 0.15) is 0 Å². The van der Waals surface area contributed by atoms with Crippen LogP contribution >= 0.6 is 0 Å². The molecular weight excluding hydrogens is 468 g/mol. The lowest BCUT2D eigenvalue weighted by Gasteiger charge is -2.46. The van der Waals surface area contributed by atoms with Gasteiger partial charge in [-0.15, -0.1) is 0 Å². The third kappa shape index (κ3) is 4.73. The Morgan fingerprint density at radius 1 is 0.528 bits per heavy atom. The third-order valence-corrected chi connectivity index (χ3v) is 6.22. The smallest absolute Gasteiger partial charge is 0.269 e. The van der Waals surface area contributed by atoms with Crippen molar-refractivity contribution in [3.05, 3.63) is 102 Å². The number of benzene rings is 3. The summed E-state index contributed by atoms with van der Waals surface area (Å²) in [5, 5.41) is 33.7. The zero-order chi connectivity index (χ0) is 26.1. The van der Waals surface area contributed by atoms with Crippen LogP contribution in [-0.4, -0.2) is 34.8 Å². The number of nitro groups is 3. The molecule has 4 rings (SSSR count). The van der Waals surface area contributed by atoms with Gasteiger partial charge in [0.25, 0.3) is 17.1 Å². The van der Waals surface area contributed by atoms with Crippen LogP contribution in [0, 0.1) is 51.1 Å². The van der Waals surface area contributed by atoms with Gasteiger partial charge in [-0.1, -0.05) is 0 Å². The summed E-state index contributed by atoms with van der Waals surface area (Å²) in [6.45, 7) is 6.71. The van der Waals surface area contributed by atoms with Gasteiger partial charge >= 0.3 is 0 Å². The first-order valence-electron chi connectivity index (χ1n) is 11.0. The summed E-state index contributed by atoms with van der Waals surface area (Å²) >= 11 is 0. The molecule has 0 amide bonds. The molecule has 0 N–H and O–H groups in total. The molecule has 0 radical (unpaired) electrons. The molecule has 3 aromatic rings. The van der Waals surface area contributed by atoms with E-state index in [-0.39, 0.29) is 17.1 Å². The van der Waals surface area contributed by atoms with Crippen LogP contribution in [0.2, 0.25) is 0 Å². The van der Waals surface area contributed by atoms with Crippen molar-refractivity contribution in [3.63, 3.8) is 0 Å². The molecule has 1 saturated heterocycles. The van der Waals surface area contributed by atoms with E-state index in [4.69, 9.17) is 0 Å². The lowest BCUT2D eigenvalue weighted by Crippen LogP contribution is -2.56. The fourth-order valence-corrected chi connectivity index (χ4v) is 4.53. The van der Waals surface area contributed by atoms with Crippen LogP contribution in [0.5, 0.6) is 0 Å². The maximum atomic E-state index is 11.2. The molecule has 186 valence electrons. The SMILES string of the molecule is Cc1cc([N+](=O)[O-])ccc1N1CN(c2ccc([N+](=O)[O-])cc2C)CN(c2ccc([N+](=O)[O-])cc2C)C1. The summed E-state index contributed by atoms with van der Waals surface area (Å²) < 4.78 is 0. The molecule has 0 saturated carbocycles. The van der Waals surface area contributed by atoms with Crippen LogP contribution < -0.4 is 14.7 Å². The quantitative estimate of drug-likeness (QED) is 0.342. The highest BCUT2D eigenvalue weighted by Crippen LogP contribution is 2.34. The Morgan fingerprint density at radius 2 is 0.778 bits per heavy atom. The fraction of sp³-hybridized carbons (Fsp3) is 0.250. The Kier molecular flexibility index (Phi) is 6.43. The fourth-order valence-electron chi connectivity index (χ4n) is 4.53. The molecule has 12 nitrogen and oxygen atoms in total.